The molecule has 5 rings (SSSR count). The maximum absolute atomic E-state index is 16.5. The Morgan fingerprint density at radius 1 is 1.15 bits per heavy atom. The van der Waals surface area contributed by atoms with Crippen molar-refractivity contribution in [2.24, 2.45) is 51.1 Å². The predicted molar refractivity (Wildman–Crippen MR) is 132 cm³/mol. The van der Waals surface area contributed by atoms with Crippen molar-refractivity contribution in [3.05, 3.63) is 24.3 Å². The Labute approximate surface area is 198 Å². The van der Waals surface area contributed by atoms with Crippen LogP contribution in [-0.4, -0.2) is 35.5 Å². The van der Waals surface area contributed by atoms with Crippen molar-refractivity contribution in [2.75, 3.05) is 6.54 Å². The maximum Gasteiger partial charge on any atom is 0.159 e. The number of alkyl halides is 1. The highest BCUT2D eigenvalue weighted by Gasteiger charge is 2.62. The third-order valence-electron chi connectivity index (χ3n) is 10.2. The van der Waals surface area contributed by atoms with Crippen LogP contribution in [0.1, 0.15) is 78.1 Å². The van der Waals surface area contributed by atoms with Gasteiger partial charge in [0.25, 0.3) is 0 Å². The van der Waals surface area contributed by atoms with Gasteiger partial charge in [-0.05, 0) is 98.9 Å². The molecular formula is C28H40FN3O. The molecule has 5 aliphatic rings. The summed E-state index contributed by atoms with van der Waals surface area (Å²) in [6, 6.07) is 0. The molecule has 4 nitrogen and oxygen atoms in total. The number of carbonyl (C=O) groups is 1. The summed E-state index contributed by atoms with van der Waals surface area (Å²) in [4.78, 5) is 13.5. The number of hydrogen-bond donors (Lipinski definition) is 0. The maximum atomic E-state index is 16.5. The Morgan fingerprint density at radius 2 is 2.00 bits per heavy atom. The van der Waals surface area contributed by atoms with Crippen LogP contribution in [0.4, 0.5) is 4.39 Å². The fourth-order valence-corrected chi connectivity index (χ4v) is 8.62. The Balaban J connectivity index is 1.30. The molecule has 5 aliphatic carbocycles. The molecule has 0 aromatic rings. The molecule has 0 radical (unpaired) electrons. The number of hydrazone groups is 2. The summed E-state index contributed by atoms with van der Waals surface area (Å²) in [6.45, 7) is 8.45. The Bertz CT molecular complexity index is 880. The summed E-state index contributed by atoms with van der Waals surface area (Å²) in [7, 11) is 0. The van der Waals surface area contributed by atoms with Crippen LogP contribution in [0.15, 0.2) is 34.5 Å². The molecule has 0 aromatic heterocycles. The van der Waals surface area contributed by atoms with Crippen LogP contribution >= 0.6 is 0 Å². The quantitative estimate of drug-likeness (QED) is 0.360. The van der Waals surface area contributed by atoms with Gasteiger partial charge in [0.2, 0.25) is 0 Å². The van der Waals surface area contributed by atoms with Gasteiger partial charge in [-0.15, -0.1) is 0 Å². The second kappa shape index (κ2) is 8.78. The highest BCUT2D eigenvalue weighted by atomic mass is 19.1. The van der Waals surface area contributed by atoms with Crippen LogP contribution < -0.4 is 0 Å². The fraction of sp³-hybridized carbons (Fsp3) is 0.750. The van der Waals surface area contributed by atoms with Crippen LogP contribution in [0.5, 0.6) is 0 Å². The van der Waals surface area contributed by atoms with Crippen LogP contribution in [0.3, 0.4) is 0 Å². The smallest absolute Gasteiger partial charge is 0.159 e. The van der Waals surface area contributed by atoms with E-state index >= 15 is 4.39 Å². The minimum absolute atomic E-state index is 0.0170. The molecule has 33 heavy (non-hydrogen) atoms. The molecule has 0 amide bonds. The standard InChI is InChI=1S/C28H40FN3O/c1-19-13-16-28(29)20(17-19)9-10-22-23-11-12-25(27(23,2)15-14-24(22)28)26(33)18-32(30-3)31-21-7-5-4-6-8-21/h4-7,19-20,22-25H,3,8-18H2,1-2H3/b31-21-. The molecule has 4 fully saturated rings. The van der Waals surface area contributed by atoms with Gasteiger partial charge in [-0.25, -0.2) is 4.39 Å². The van der Waals surface area contributed by atoms with Crippen LogP contribution in [0.25, 0.3) is 0 Å². The summed E-state index contributed by atoms with van der Waals surface area (Å²) >= 11 is 0. The first-order valence-electron chi connectivity index (χ1n) is 13.2. The number of rotatable bonds is 5. The van der Waals surface area contributed by atoms with Crippen LogP contribution in [0, 0.1) is 40.9 Å². The number of carbonyl (C=O) groups excluding carboxylic acids is 1. The zero-order valence-corrected chi connectivity index (χ0v) is 20.4. The lowest BCUT2D eigenvalue weighted by Gasteiger charge is -2.58. The summed E-state index contributed by atoms with van der Waals surface area (Å²) < 4.78 is 16.5. The summed E-state index contributed by atoms with van der Waals surface area (Å²) in [5, 5.41) is 10.0. The van der Waals surface area contributed by atoms with Gasteiger partial charge < -0.3 is 0 Å². The first-order chi connectivity index (χ1) is 15.8. The van der Waals surface area contributed by atoms with Crippen molar-refractivity contribution in [1.29, 1.82) is 0 Å². The molecule has 0 bridgehead atoms. The number of nitrogens with zero attached hydrogens (tertiary/aromatic N) is 3. The van der Waals surface area contributed by atoms with E-state index in [1.54, 1.807) is 0 Å². The summed E-state index contributed by atoms with van der Waals surface area (Å²) in [5.74, 6) is 2.31. The van der Waals surface area contributed by atoms with Gasteiger partial charge in [0, 0.05) is 19.1 Å². The lowest BCUT2D eigenvalue weighted by molar-refractivity contribution is -0.146. The average molecular weight is 454 g/mol. The van der Waals surface area contributed by atoms with E-state index in [0.717, 1.165) is 69.9 Å². The average Bonchev–Trinajstić information content (AvgIpc) is 3.17. The Hall–Kier alpha value is -1.78. The van der Waals surface area contributed by atoms with Gasteiger partial charge in [0.15, 0.2) is 5.78 Å². The Morgan fingerprint density at radius 3 is 2.76 bits per heavy atom. The van der Waals surface area contributed by atoms with E-state index in [1.807, 2.05) is 24.3 Å². The monoisotopic (exact) mass is 453 g/mol. The van der Waals surface area contributed by atoms with E-state index in [2.05, 4.69) is 30.8 Å². The van der Waals surface area contributed by atoms with Crippen molar-refractivity contribution in [2.45, 2.75) is 83.7 Å². The fourth-order valence-electron chi connectivity index (χ4n) is 8.62. The first-order valence-corrected chi connectivity index (χ1v) is 13.2. The summed E-state index contributed by atoms with van der Waals surface area (Å²) in [5.41, 5.74) is -0.0855. The molecule has 8 atom stereocenters. The topological polar surface area (TPSA) is 45.0 Å². The van der Waals surface area contributed by atoms with Crippen molar-refractivity contribution < 1.29 is 9.18 Å². The summed E-state index contributed by atoms with van der Waals surface area (Å²) in [6.07, 6.45) is 17.7. The van der Waals surface area contributed by atoms with Crippen molar-refractivity contribution in [3.63, 3.8) is 0 Å². The molecular weight excluding hydrogens is 413 g/mol. The molecule has 180 valence electrons. The van der Waals surface area contributed by atoms with Gasteiger partial charge in [0.1, 0.15) is 12.2 Å². The van der Waals surface area contributed by atoms with Gasteiger partial charge in [-0.1, -0.05) is 32.1 Å². The molecule has 0 heterocycles. The number of halogens is 1. The highest BCUT2D eigenvalue weighted by molar-refractivity contribution is 5.97. The number of Topliss-reactive ketones (excluding diaryl/α,β-unsaturated/α-hetero) is 1. The molecule has 8 unspecified atom stereocenters. The Kier molecular flexibility index (Phi) is 6.11. The van der Waals surface area contributed by atoms with E-state index in [4.69, 9.17) is 0 Å². The van der Waals surface area contributed by atoms with Gasteiger partial charge in [0.05, 0.1) is 5.71 Å². The van der Waals surface area contributed by atoms with Crippen molar-refractivity contribution >= 4 is 18.2 Å². The zero-order valence-electron chi connectivity index (χ0n) is 20.4. The number of ketones is 1. The lowest BCUT2D eigenvalue weighted by Crippen LogP contribution is -2.56. The predicted octanol–water partition coefficient (Wildman–Crippen LogP) is 6.34. The normalized spacial score (nSPS) is 45.2. The number of fused-ring (bicyclic) bond motifs is 5. The van der Waals surface area contributed by atoms with Crippen molar-refractivity contribution in [1.82, 2.24) is 5.12 Å². The van der Waals surface area contributed by atoms with E-state index in [9.17, 15) is 4.79 Å². The molecule has 0 saturated heterocycles. The third-order valence-corrected chi connectivity index (χ3v) is 10.2. The van der Waals surface area contributed by atoms with Gasteiger partial charge in [-0.2, -0.15) is 15.3 Å². The second-order valence-electron chi connectivity index (χ2n) is 11.9. The van der Waals surface area contributed by atoms with Crippen LogP contribution in [0.2, 0.25) is 0 Å². The van der Waals surface area contributed by atoms with E-state index in [1.165, 1.54) is 5.12 Å². The molecule has 0 aromatic carbocycles. The largest absolute Gasteiger partial charge is 0.297 e. The first kappa shape index (κ1) is 23.0. The SMILES string of the molecule is C=NN(CC(=O)C1CCC2C3CCC4CC(C)CCC4(F)C3CCC12C)/N=C1/C=CC=CC1. The minimum atomic E-state index is -0.958. The molecule has 0 aliphatic heterocycles. The van der Waals surface area contributed by atoms with Crippen LogP contribution in [-0.2, 0) is 4.79 Å². The highest BCUT2D eigenvalue weighted by Crippen LogP contribution is 2.66. The van der Waals surface area contributed by atoms with E-state index in [-0.39, 0.29) is 35.5 Å². The second-order valence-corrected chi connectivity index (χ2v) is 11.9. The molecule has 0 N–H and O–H groups in total. The van der Waals surface area contributed by atoms with Gasteiger partial charge in [-0.3, -0.25) is 4.79 Å². The van der Waals surface area contributed by atoms with E-state index in [0.29, 0.717) is 17.8 Å². The lowest BCUT2D eigenvalue weighted by atomic mass is 9.48. The van der Waals surface area contributed by atoms with E-state index < -0.39 is 5.67 Å². The minimum Gasteiger partial charge on any atom is -0.297 e. The molecule has 4 saturated carbocycles. The molecule has 5 heteroatoms. The number of hydrogen-bond acceptors (Lipinski definition) is 4. The van der Waals surface area contributed by atoms with Gasteiger partial charge >= 0.3 is 0 Å². The zero-order chi connectivity index (χ0) is 23.2. The third kappa shape index (κ3) is 3.93. The molecule has 0 spiro atoms. The number of allylic oxidation sites excluding steroid dienone is 4. The van der Waals surface area contributed by atoms with Crippen molar-refractivity contribution in [3.8, 4) is 0 Å².